The zero-order chi connectivity index (χ0) is 19.1. The maximum atomic E-state index is 11.8. The van der Waals surface area contributed by atoms with Crippen LogP contribution in [-0.4, -0.2) is 35.9 Å². The van der Waals surface area contributed by atoms with Crippen molar-refractivity contribution in [1.82, 2.24) is 10.3 Å². The van der Waals surface area contributed by atoms with E-state index < -0.39 is 24.4 Å². The molecule has 0 unspecified atom stereocenters. The Balaban J connectivity index is 1.75. The highest BCUT2D eigenvalue weighted by atomic mass is 35.5. The lowest BCUT2D eigenvalue weighted by molar-refractivity contribution is -0.146. The predicted molar refractivity (Wildman–Crippen MR) is 97.1 cm³/mol. The number of pyridine rings is 1. The lowest BCUT2D eigenvalue weighted by Crippen LogP contribution is -2.32. The number of benzene rings is 1. The van der Waals surface area contributed by atoms with Crippen molar-refractivity contribution >= 4 is 35.1 Å². The van der Waals surface area contributed by atoms with Gasteiger partial charge in [-0.25, -0.2) is 0 Å². The van der Waals surface area contributed by atoms with Gasteiger partial charge in [0, 0.05) is 16.9 Å². The third-order valence-electron chi connectivity index (χ3n) is 3.22. The van der Waals surface area contributed by atoms with Crippen molar-refractivity contribution in [3.8, 4) is 0 Å². The van der Waals surface area contributed by atoms with Crippen LogP contribution in [-0.2, 0) is 14.3 Å². The Morgan fingerprint density at radius 1 is 1.12 bits per heavy atom. The Labute approximate surface area is 155 Å². The first-order chi connectivity index (χ1) is 12.3. The van der Waals surface area contributed by atoms with Crippen molar-refractivity contribution in [2.24, 2.45) is 0 Å². The minimum atomic E-state index is -0.740. The van der Waals surface area contributed by atoms with Crippen LogP contribution in [0.3, 0.4) is 0 Å². The number of carbonyl (C=O) groups is 3. The highest BCUT2D eigenvalue weighted by molar-refractivity contribution is 6.30. The summed E-state index contributed by atoms with van der Waals surface area (Å²) in [7, 11) is 0. The number of hydrogen-bond donors (Lipinski definition) is 2. The zero-order valence-electron chi connectivity index (χ0n) is 14.3. The highest BCUT2D eigenvalue weighted by Gasteiger charge is 2.12. The summed E-state index contributed by atoms with van der Waals surface area (Å²) in [6.45, 7) is 3.00. The van der Waals surface area contributed by atoms with E-state index in [2.05, 4.69) is 15.6 Å². The average molecular weight is 376 g/mol. The van der Waals surface area contributed by atoms with Gasteiger partial charge in [0.2, 0.25) is 0 Å². The van der Waals surface area contributed by atoms with Crippen LogP contribution in [0.2, 0.25) is 5.02 Å². The van der Waals surface area contributed by atoms with E-state index in [1.165, 1.54) is 18.3 Å². The van der Waals surface area contributed by atoms with Crippen LogP contribution in [0.15, 0.2) is 36.5 Å². The number of aryl methyl sites for hydroxylation is 2. The normalized spacial score (nSPS) is 10.1. The van der Waals surface area contributed by atoms with E-state index in [0.29, 0.717) is 10.7 Å². The number of hydrogen-bond acceptors (Lipinski definition) is 5. The molecule has 1 aromatic heterocycles. The van der Waals surface area contributed by atoms with Gasteiger partial charge in [-0.3, -0.25) is 19.4 Å². The topological polar surface area (TPSA) is 97.4 Å². The molecule has 1 aromatic carbocycles. The smallest absolute Gasteiger partial charge is 0.325 e. The van der Waals surface area contributed by atoms with E-state index in [9.17, 15) is 14.4 Å². The minimum Gasteiger partial charge on any atom is -0.454 e. The number of rotatable bonds is 6. The standard InChI is InChI=1S/C18H18ClN3O4/c1-11-5-12(2)7-14(6-11)22-16(23)10-26-17(24)9-21-18(25)15-8-13(19)3-4-20-15/h3-8H,9-10H2,1-2H3,(H,21,25)(H,22,23). The summed E-state index contributed by atoms with van der Waals surface area (Å²) in [6.07, 6.45) is 1.38. The molecule has 0 aliphatic heterocycles. The summed E-state index contributed by atoms with van der Waals surface area (Å²) in [5.74, 6) is -1.77. The van der Waals surface area contributed by atoms with E-state index in [-0.39, 0.29) is 12.2 Å². The van der Waals surface area contributed by atoms with E-state index in [1.807, 2.05) is 32.0 Å². The van der Waals surface area contributed by atoms with Gasteiger partial charge in [0.1, 0.15) is 12.2 Å². The van der Waals surface area contributed by atoms with Gasteiger partial charge in [-0.05, 0) is 49.2 Å². The second-order valence-corrected chi connectivity index (χ2v) is 6.06. The molecule has 0 spiro atoms. The average Bonchev–Trinajstić information content (AvgIpc) is 2.57. The van der Waals surface area contributed by atoms with Gasteiger partial charge >= 0.3 is 5.97 Å². The number of ether oxygens (including phenoxy) is 1. The number of nitrogens with one attached hydrogen (secondary N) is 2. The number of aromatic nitrogens is 1. The molecule has 26 heavy (non-hydrogen) atoms. The molecule has 0 bridgehead atoms. The lowest BCUT2D eigenvalue weighted by atomic mass is 10.1. The fraction of sp³-hybridized carbons (Fsp3) is 0.222. The predicted octanol–water partition coefficient (Wildman–Crippen LogP) is 2.26. The highest BCUT2D eigenvalue weighted by Crippen LogP contribution is 2.13. The number of carbonyl (C=O) groups excluding carboxylic acids is 3. The Morgan fingerprint density at radius 3 is 2.46 bits per heavy atom. The molecule has 7 nitrogen and oxygen atoms in total. The van der Waals surface area contributed by atoms with E-state index >= 15 is 0 Å². The molecule has 8 heteroatoms. The number of anilines is 1. The second kappa shape index (κ2) is 8.96. The van der Waals surface area contributed by atoms with Crippen LogP contribution in [0.25, 0.3) is 0 Å². The molecule has 2 aromatic rings. The summed E-state index contributed by atoms with van der Waals surface area (Å²) in [5, 5.41) is 5.35. The van der Waals surface area contributed by atoms with Crippen LogP contribution in [0.4, 0.5) is 5.69 Å². The first-order valence-corrected chi connectivity index (χ1v) is 8.15. The number of esters is 1. The summed E-state index contributed by atoms with van der Waals surface area (Å²) < 4.78 is 4.83. The first-order valence-electron chi connectivity index (χ1n) is 7.77. The fourth-order valence-electron chi connectivity index (χ4n) is 2.21. The summed E-state index contributed by atoms with van der Waals surface area (Å²) in [4.78, 5) is 39.1. The molecule has 0 aliphatic carbocycles. The van der Waals surface area contributed by atoms with Crippen molar-refractivity contribution in [3.63, 3.8) is 0 Å². The number of halogens is 1. The van der Waals surface area contributed by atoms with Crippen molar-refractivity contribution in [2.45, 2.75) is 13.8 Å². The molecule has 0 saturated carbocycles. The molecule has 2 rings (SSSR count). The van der Waals surface area contributed by atoms with Crippen molar-refractivity contribution in [2.75, 3.05) is 18.5 Å². The molecular formula is C18H18ClN3O4. The van der Waals surface area contributed by atoms with Gasteiger partial charge in [-0.2, -0.15) is 0 Å². The lowest BCUT2D eigenvalue weighted by Gasteiger charge is -2.09. The first kappa shape index (κ1) is 19.4. The second-order valence-electron chi connectivity index (χ2n) is 5.63. The van der Waals surface area contributed by atoms with Crippen LogP contribution < -0.4 is 10.6 Å². The molecular weight excluding hydrogens is 358 g/mol. The van der Waals surface area contributed by atoms with Gasteiger partial charge in [-0.15, -0.1) is 0 Å². The molecule has 0 saturated heterocycles. The Morgan fingerprint density at radius 2 is 1.81 bits per heavy atom. The summed E-state index contributed by atoms with van der Waals surface area (Å²) in [6, 6.07) is 8.50. The van der Waals surface area contributed by atoms with E-state index in [4.69, 9.17) is 16.3 Å². The monoisotopic (exact) mass is 375 g/mol. The van der Waals surface area contributed by atoms with Gasteiger partial charge < -0.3 is 15.4 Å². The van der Waals surface area contributed by atoms with Gasteiger partial charge in [-0.1, -0.05) is 17.7 Å². The molecule has 136 valence electrons. The van der Waals surface area contributed by atoms with Gasteiger partial charge in [0.15, 0.2) is 6.61 Å². The van der Waals surface area contributed by atoms with Crippen LogP contribution in [0.1, 0.15) is 21.6 Å². The van der Waals surface area contributed by atoms with Gasteiger partial charge in [0.25, 0.3) is 11.8 Å². The molecule has 1 heterocycles. The van der Waals surface area contributed by atoms with Crippen LogP contribution in [0, 0.1) is 13.8 Å². The Kier molecular flexibility index (Phi) is 6.68. The summed E-state index contributed by atoms with van der Waals surface area (Å²) in [5.41, 5.74) is 2.73. The van der Waals surface area contributed by atoms with Crippen molar-refractivity contribution < 1.29 is 19.1 Å². The molecule has 2 N–H and O–H groups in total. The third-order valence-corrected chi connectivity index (χ3v) is 3.45. The van der Waals surface area contributed by atoms with E-state index in [0.717, 1.165) is 11.1 Å². The van der Waals surface area contributed by atoms with Crippen molar-refractivity contribution in [1.29, 1.82) is 0 Å². The molecule has 0 radical (unpaired) electrons. The summed E-state index contributed by atoms with van der Waals surface area (Å²) >= 11 is 5.77. The third kappa shape index (κ3) is 6.18. The fourth-order valence-corrected chi connectivity index (χ4v) is 2.37. The maximum absolute atomic E-state index is 11.8. The molecule has 0 atom stereocenters. The molecule has 0 aliphatic rings. The van der Waals surface area contributed by atoms with Gasteiger partial charge in [0.05, 0.1) is 0 Å². The van der Waals surface area contributed by atoms with Crippen LogP contribution in [0.5, 0.6) is 0 Å². The van der Waals surface area contributed by atoms with E-state index in [1.54, 1.807) is 0 Å². The zero-order valence-corrected chi connectivity index (χ0v) is 15.1. The van der Waals surface area contributed by atoms with Crippen LogP contribution >= 0.6 is 11.6 Å². The quantitative estimate of drug-likeness (QED) is 0.755. The number of amides is 2. The maximum Gasteiger partial charge on any atom is 0.325 e. The largest absolute Gasteiger partial charge is 0.454 e. The molecule has 0 fully saturated rings. The number of nitrogens with zero attached hydrogens (tertiary/aromatic N) is 1. The SMILES string of the molecule is Cc1cc(C)cc(NC(=O)COC(=O)CNC(=O)c2cc(Cl)ccn2)c1. The molecule has 2 amide bonds. The van der Waals surface area contributed by atoms with Crippen molar-refractivity contribution in [3.05, 3.63) is 58.4 Å². The Hall–Kier alpha value is -2.93. The Bertz CT molecular complexity index is 819. The minimum absolute atomic E-state index is 0.0814.